The molecule has 10 nitrogen and oxygen atoms in total. The second-order valence-corrected chi connectivity index (χ2v) is 8.39. The summed E-state index contributed by atoms with van der Waals surface area (Å²) in [6.07, 6.45) is -1.44. The van der Waals surface area contributed by atoms with Crippen LogP contribution in [0.2, 0.25) is 0 Å². The van der Waals surface area contributed by atoms with Crippen molar-refractivity contribution in [2.45, 2.75) is 72.4 Å². The summed E-state index contributed by atoms with van der Waals surface area (Å²) in [4.78, 5) is 47.5. The van der Waals surface area contributed by atoms with Crippen molar-refractivity contribution < 1.29 is 43.2 Å². The molecular weight excluding hydrogens is 446 g/mol. The van der Waals surface area contributed by atoms with Crippen molar-refractivity contribution in [3.63, 3.8) is 0 Å². The fraction of sp³-hybridized carbons (Fsp3) is 0.583. The van der Waals surface area contributed by atoms with Gasteiger partial charge in [0.1, 0.15) is 12.1 Å². The van der Waals surface area contributed by atoms with Gasteiger partial charge in [0.2, 0.25) is 0 Å². The van der Waals surface area contributed by atoms with Crippen LogP contribution in [0.25, 0.3) is 0 Å². The van der Waals surface area contributed by atoms with Crippen LogP contribution in [0.15, 0.2) is 18.2 Å². The fourth-order valence-corrected chi connectivity index (χ4v) is 3.10. The molecule has 0 aromatic heterocycles. The van der Waals surface area contributed by atoms with Gasteiger partial charge in [-0.1, -0.05) is 40.7 Å². The molecule has 190 valence electrons. The van der Waals surface area contributed by atoms with Crippen molar-refractivity contribution in [1.29, 1.82) is 0 Å². The first-order valence-corrected chi connectivity index (χ1v) is 11.3. The number of ether oxygens (including phenoxy) is 4. The Morgan fingerprint density at radius 2 is 1.50 bits per heavy atom. The van der Waals surface area contributed by atoms with Crippen LogP contribution in [0.4, 0.5) is 4.79 Å². The van der Waals surface area contributed by atoms with Gasteiger partial charge < -0.3 is 29.8 Å². The van der Waals surface area contributed by atoms with Crippen molar-refractivity contribution >= 4 is 24.1 Å². The molecule has 0 aliphatic carbocycles. The van der Waals surface area contributed by atoms with Gasteiger partial charge >= 0.3 is 24.1 Å². The molecule has 34 heavy (non-hydrogen) atoms. The lowest BCUT2D eigenvalue weighted by Crippen LogP contribution is -2.42. The van der Waals surface area contributed by atoms with Crippen LogP contribution in [0, 0.1) is 11.8 Å². The molecule has 0 saturated carbocycles. The van der Waals surface area contributed by atoms with E-state index in [4.69, 9.17) is 24.7 Å². The van der Waals surface area contributed by atoms with Gasteiger partial charge in [0.05, 0.1) is 6.61 Å². The van der Waals surface area contributed by atoms with Crippen LogP contribution in [0.5, 0.6) is 11.5 Å². The maximum Gasteiger partial charge on any atom is 0.508 e. The summed E-state index contributed by atoms with van der Waals surface area (Å²) in [6.45, 7) is 10.5. The number of hydrogen-bond acceptors (Lipinski definition) is 9. The van der Waals surface area contributed by atoms with Crippen LogP contribution in [-0.4, -0.2) is 47.9 Å². The summed E-state index contributed by atoms with van der Waals surface area (Å²) < 4.78 is 20.9. The molecule has 0 bridgehead atoms. The molecule has 4 atom stereocenters. The topological polar surface area (TPSA) is 151 Å². The standard InChI is InChI=1S/C24H35NO9/c1-7-19(26)33-17-10-9-16(11-18(17)34-20(27)8-2)21(22(25)23(28)29)14(5)15(6)32-24(30)31-12-13(3)4/h9-11,13-15,21-22H,7-8,12,25H2,1-6H3,(H,28,29)/t14?,15?,21?,22-/m0/s1. The van der Waals surface area contributed by atoms with Gasteiger partial charge in [0.25, 0.3) is 0 Å². The maximum absolute atomic E-state index is 12.0. The Labute approximate surface area is 199 Å². The van der Waals surface area contributed by atoms with Crippen LogP contribution in [-0.2, 0) is 23.9 Å². The summed E-state index contributed by atoms with van der Waals surface area (Å²) in [5.41, 5.74) is 6.42. The van der Waals surface area contributed by atoms with E-state index in [0.717, 1.165) is 0 Å². The Morgan fingerprint density at radius 3 is 2.00 bits per heavy atom. The van der Waals surface area contributed by atoms with Crippen molar-refractivity contribution in [3.05, 3.63) is 23.8 Å². The van der Waals surface area contributed by atoms with E-state index in [-0.39, 0.29) is 36.9 Å². The molecule has 0 spiro atoms. The molecule has 3 N–H and O–H groups in total. The molecule has 0 fully saturated rings. The highest BCUT2D eigenvalue weighted by molar-refractivity contribution is 5.77. The Kier molecular flexibility index (Phi) is 11.5. The molecule has 0 amide bonds. The lowest BCUT2D eigenvalue weighted by molar-refractivity contribution is -0.140. The average molecular weight is 482 g/mol. The number of hydrogen-bond donors (Lipinski definition) is 2. The first kappa shape index (κ1) is 28.9. The van der Waals surface area contributed by atoms with E-state index in [1.807, 2.05) is 13.8 Å². The highest BCUT2D eigenvalue weighted by Gasteiger charge is 2.36. The number of rotatable bonds is 12. The Balaban J connectivity index is 3.33. The van der Waals surface area contributed by atoms with E-state index in [9.17, 15) is 24.3 Å². The van der Waals surface area contributed by atoms with Gasteiger partial charge in [-0.25, -0.2) is 4.79 Å². The number of aliphatic carboxylic acids is 1. The number of carbonyl (C=O) groups excluding carboxylic acids is 3. The first-order valence-electron chi connectivity index (χ1n) is 11.3. The van der Waals surface area contributed by atoms with Crippen molar-refractivity contribution in [3.8, 4) is 11.5 Å². The number of benzene rings is 1. The van der Waals surface area contributed by atoms with E-state index >= 15 is 0 Å². The first-order chi connectivity index (χ1) is 15.9. The van der Waals surface area contributed by atoms with E-state index in [1.165, 1.54) is 18.2 Å². The monoisotopic (exact) mass is 481 g/mol. The van der Waals surface area contributed by atoms with Gasteiger partial charge in [0.15, 0.2) is 11.5 Å². The summed E-state index contributed by atoms with van der Waals surface area (Å²) in [6, 6.07) is 3.00. The average Bonchev–Trinajstić information content (AvgIpc) is 2.78. The molecule has 1 aromatic carbocycles. The van der Waals surface area contributed by atoms with Crippen LogP contribution < -0.4 is 15.2 Å². The largest absolute Gasteiger partial charge is 0.508 e. The van der Waals surface area contributed by atoms with Gasteiger partial charge in [0, 0.05) is 24.7 Å². The highest BCUT2D eigenvalue weighted by atomic mass is 16.7. The van der Waals surface area contributed by atoms with E-state index in [1.54, 1.807) is 27.7 Å². The number of carboxylic acids is 1. The lowest BCUT2D eigenvalue weighted by atomic mass is 9.79. The summed E-state index contributed by atoms with van der Waals surface area (Å²) in [5.74, 6) is -3.67. The zero-order valence-corrected chi connectivity index (χ0v) is 20.5. The van der Waals surface area contributed by atoms with E-state index in [0.29, 0.717) is 5.56 Å². The van der Waals surface area contributed by atoms with Crippen molar-refractivity contribution in [1.82, 2.24) is 0 Å². The van der Waals surface area contributed by atoms with Gasteiger partial charge in [-0.3, -0.25) is 14.4 Å². The van der Waals surface area contributed by atoms with Crippen molar-refractivity contribution in [2.24, 2.45) is 17.6 Å². The minimum Gasteiger partial charge on any atom is -0.480 e. The summed E-state index contributed by atoms with van der Waals surface area (Å²) in [5, 5.41) is 9.62. The minimum atomic E-state index is -1.37. The quantitative estimate of drug-likeness (QED) is 0.334. The molecule has 0 saturated heterocycles. The van der Waals surface area contributed by atoms with Crippen LogP contribution in [0.3, 0.4) is 0 Å². The Morgan fingerprint density at radius 1 is 0.941 bits per heavy atom. The third kappa shape index (κ3) is 8.66. The fourth-order valence-electron chi connectivity index (χ4n) is 3.10. The number of carboxylic acid groups (broad SMARTS) is 1. The third-order valence-electron chi connectivity index (χ3n) is 5.17. The van der Waals surface area contributed by atoms with Gasteiger partial charge in [-0.05, 0) is 30.5 Å². The lowest BCUT2D eigenvalue weighted by Gasteiger charge is -2.31. The van der Waals surface area contributed by atoms with Crippen molar-refractivity contribution in [2.75, 3.05) is 6.61 Å². The molecule has 1 rings (SSSR count). The van der Waals surface area contributed by atoms with E-state index in [2.05, 4.69) is 0 Å². The SMILES string of the molecule is CCC(=O)Oc1ccc(C(C(C)C(C)OC(=O)OCC(C)C)[C@H](N)C(=O)O)cc1OC(=O)CC. The molecule has 1 aromatic rings. The van der Waals surface area contributed by atoms with Gasteiger partial charge in [-0.2, -0.15) is 0 Å². The van der Waals surface area contributed by atoms with E-state index < -0.39 is 48.0 Å². The Bertz CT molecular complexity index is 868. The molecule has 0 heterocycles. The zero-order valence-electron chi connectivity index (χ0n) is 20.5. The molecule has 0 radical (unpaired) electrons. The Hall–Kier alpha value is -3.14. The third-order valence-corrected chi connectivity index (χ3v) is 5.17. The molecule has 10 heteroatoms. The van der Waals surface area contributed by atoms with Crippen LogP contribution >= 0.6 is 0 Å². The van der Waals surface area contributed by atoms with Crippen LogP contribution in [0.1, 0.15) is 65.9 Å². The highest BCUT2D eigenvalue weighted by Crippen LogP contribution is 2.37. The minimum absolute atomic E-state index is 0.0225. The molecule has 0 aliphatic heterocycles. The predicted octanol–water partition coefficient (Wildman–Crippen LogP) is 3.65. The summed E-state index contributed by atoms with van der Waals surface area (Å²) >= 11 is 0. The van der Waals surface area contributed by atoms with Gasteiger partial charge in [-0.15, -0.1) is 0 Å². The second-order valence-electron chi connectivity index (χ2n) is 8.39. The number of esters is 2. The predicted molar refractivity (Wildman–Crippen MR) is 123 cm³/mol. The number of carbonyl (C=O) groups is 4. The molecular formula is C24H35NO9. The maximum atomic E-state index is 12.0. The summed E-state index contributed by atoms with van der Waals surface area (Å²) in [7, 11) is 0. The second kappa shape index (κ2) is 13.5. The normalized spacial score (nSPS) is 14.5. The molecule has 3 unspecified atom stereocenters. The smallest absolute Gasteiger partial charge is 0.480 e. The number of nitrogens with two attached hydrogens (primary N) is 1. The molecule has 0 aliphatic rings. The zero-order chi connectivity index (χ0) is 26.0.